The highest BCUT2D eigenvalue weighted by atomic mass is 79.9. The molecule has 0 atom stereocenters. The fourth-order valence-electron chi connectivity index (χ4n) is 3.25. The third-order valence-corrected chi connectivity index (χ3v) is 5.24. The number of aryl methyl sites for hydroxylation is 2. The Morgan fingerprint density at radius 1 is 1.15 bits per heavy atom. The summed E-state index contributed by atoms with van der Waals surface area (Å²) in [4.78, 5) is 22.8. The molecule has 3 aromatic carbocycles. The molecule has 0 aliphatic rings. The molecule has 0 aliphatic heterocycles. The monoisotopic (exact) mass is 505 g/mol. The Bertz CT molecular complexity index is 1270. The van der Waals surface area contributed by atoms with Gasteiger partial charge in [-0.2, -0.15) is 5.26 Å². The molecule has 0 saturated carbocycles. The van der Waals surface area contributed by atoms with Crippen LogP contribution in [-0.4, -0.2) is 10.8 Å². The molecule has 0 fully saturated rings. The fourth-order valence-corrected chi connectivity index (χ4v) is 3.76. The average molecular weight is 506 g/mol. The number of nitro groups is 1. The van der Waals surface area contributed by atoms with Crippen LogP contribution in [0.4, 0.5) is 11.4 Å². The molecule has 0 aliphatic carbocycles. The summed E-state index contributed by atoms with van der Waals surface area (Å²) in [7, 11) is 0. The van der Waals surface area contributed by atoms with Gasteiger partial charge < -0.3 is 10.1 Å². The molecule has 1 N–H and O–H groups in total. The number of carbonyl (C=O) groups is 1. The molecule has 3 aromatic rings. The van der Waals surface area contributed by atoms with E-state index >= 15 is 0 Å². The molecule has 0 saturated heterocycles. The van der Waals surface area contributed by atoms with Crippen LogP contribution in [0.25, 0.3) is 6.08 Å². The zero-order valence-corrected chi connectivity index (χ0v) is 19.5. The first-order valence-electron chi connectivity index (χ1n) is 9.92. The Morgan fingerprint density at radius 2 is 1.88 bits per heavy atom. The van der Waals surface area contributed by atoms with E-state index in [9.17, 15) is 20.2 Å². The minimum Gasteiger partial charge on any atom is -0.488 e. The van der Waals surface area contributed by atoms with E-state index in [2.05, 4.69) is 39.4 Å². The lowest BCUT2D eigenvalue weighted by Gasteiger charge is -2.10. The standard InChI is InChI=1S/C25H20BrN3O4/c1-16-8-17(2)10-19(9-16)15-33-24-7-6-18(12-23(24)26)11-20(14-27)25(30)28-21-4-3-5-22(13-21)29(31)32/h3-13H,15H2,1-2H3,(H,28,30)/b20-11+. The molecule has 0 spiro atoms. The number of nitro benzene ring substituents is 1. The lowest BCUT2D eigenvalue weighted by atomic mass is 10.1. The molecule has 0 aromatic heterocycles. The number of hydrogen-bond donors (Lipinski definition) is 1. The quantitative estimate of drug-likeness (QED) is 0.181. The van der Waals surface area contributed by atoms with E-state index in [1.165, 1.54) is 41.5 Å². The molecule has 0 bridgehead atoms. The van der Waals surface area contributed by atoms with Crippen molar-refractivity contribution in [3.8, 4) is 11.8 Å². The van der Waals surface area contributed by atoms with E-state index in [0.29, 0.717) is 22.4 Å². The van der Waals surface area contributed by atoms with Gasteiger partial charge in [0.05, 0.1) is 9.40 Å². The number of ether oxygens (including phenoxy) is 1. The maximum atomic E-state index is 12.5. The number of halogens is 1. The van der Waals surface area contributed by atoms with E-state index in [0.717, 1.165) is 5.56 Å². The first-order chi connectivity index (χ1) is 15.7. The van der Waals surface area contributed by atoms with Crippen LogP contribution in [0.5, 0.6) is 5.75 Å². The van der Waals surface area contributed by atoms with Gasteiger partial charge in [0.15, 0.2) is 0 Å². The van der Waals surface area contributed by atoms with Gasteiger partial charge in [-0.1, -0.05) is 41.5 Å². The van der Waals surface area contributed by atoms with Crippen molar-refractivity contribution in [1.29, 1.82) is 5.26 Å². The maximum absolute atomic E-state index is 12.5. The lowest BCUT2D eigenvalue weighted by molar-refractivity contribution is -0.384. The number of anilines is 1. The minimum atomic E-state index is -0.663. The Hall–Kier alpha value is -3.96. The number of amides is 1. The van der Waals surface area contributed by atoms with Crippen LogP contribution >= 0.6 is 15.9 Å². The van der Waals surface area contributed by atoms with Gasteiger partial charge >= 0.3 is 0 Å². The second-order valence-corrected chi connectivity index (χ2v) is 8.26. The van der Waals surface area contributed by atoms with Gasteiger partial charge in [0.25, 0.3) is 11.6 Å². The van der Waals surface area contributed by atoms with Crippen molar-refractivity contribution in [2.24, 2.45) is 0 Å². The van der Waals surface area contributed by atoms with Gasteiger partial charge in [0, 0.05) is 17.8 Å². The topological polar surface area (TPSA) is 105 Å². The van der Waals surface area contributed by atoms with Crippen LogP contribution < -0.4 is 10.1 Å². The number of rotatable bonds is 7. The highest BCUT2D eigenvalue weighted by Crippen LogP contribution is 2.28. The lowest BCUT2D eigenvalue weighted by Crippen LogP contribution is -2.13. The van der Waals surface area contributed by atoms with Crippen LogP contribution in [0.2, 0.25) is 0 Å². The van der Waals surface area contributed by atoms with E-state index in [-0.39, 0.29) is 16.9 Å². The Morgan fingerprint density at radius 3 is 2.52 bits per heavy atom. The first kappa shape index (κ1) is 23.7. The van der Waals surface area contributed by atoms with Crippen LogP contribution in [-0.2, 0) is 11.4 Å². The van der Waals surface area contributed by atoms with Crippen molar-refractivity contribution in [2.75, 3.05) is 5.32 Å². The van der Waals surface area contributed by atoms with Crippen molar-refractivity contribution in [3.63, 3.8) is 0 Å². The SMILES string of the molecule is Cc1cc(C)cc(COc2ccc(/C=C(\C#N)C(=O)Nc3cccc([N+](=O)[O-])c3)cc2Br)c1. The summed E-state index contributed by atoms with van der Waals surface area (Å²) in [5.41, 5.74) is 3.94. The summed E-state index contributed by atoms with van der Waals surface area (Å²) in [5, 5.41) is 22.8. The molecule has 1 amide bonds. The summed E-state index contributed by atoms with van der Waals surface area (Å²) >= 11 is 3.47. The molecule has 0 unspecified atom stereocenters. The highest BCUT2D eigenvalue weighted by Gasteiger charge is 2.13. The average Bonchev–Trinajstić information content (AvgIpc) is 2.76. The molecule has 0 heterocycles. The van der Waals surface area contributed by atoms with Gasteiger partial charge in [-0.15, -0.1) is 0 Å². The van der Waals surface area contributed by atoms with E-state index in [1.807, 2.05) is 19.9 Å². The van der Waals surface area contributed by atoms with Gasteiger partial charge in [0.2, 0.25) is 0 Å². The predicted molar refractivity (Wildman–Crippen MR) is 130 cm³/mol. The maximum Gasteiger partial charge on any atom is 0.271 e. The molecule has 7 nitrogen and oxygen atoms in total. The predicted octanol–water partition coefficient (Wildman–Crippen LogP) is 6.10. The zero-order chi connectivity index (χ0) is 24.0. The summed E-state index contributed by atoms with van der Waals surface area (Å²) in [5.74, 6) is -0.0323. The number of nitrogens with zero attached hydrogens (tertiary/aromatic N) is 2. The Kier molecular flexibility index (Phi) is 7.59. The molecule has 166 valence electrons. The first-order valence-corrected chi connectivity index (χ1v) is 10.7. The molecule has 8 heteroatoms. The van der Waals surface area contributed by atoms with Crippen molar-refractivity contribution in [2.45, 2.75) is 20.5 Å². The van der Waals surface area contributed by atoms with Crippen molar-refractivity contribution >= 4 is 39.3 Å². The summed E-state index contributed by atoms with van der Waals surface area (Å²) in [6, 6.07) is 18.9. The van der Waals surface area contributed by atoms with Crippen molar-refractivity contribution in [3.05, 3.63) is 103 Å². The van der Waals surface area contributed by atoms with Crippen LogP contribution in [0.1, 0.15) is 22.3 Å². The Balaban J connectivity index is 1.72. The largest absolute Gasteiger partial charge is 0.488 e. The fraction of sp³-hybridized carbons (Fsp3) is 0.120. The number of hydrogen-bond acceptors (Lipinski definition) is 5. The number of benzene rings is 3. The van der Waals surface area contributed by atoms with Crippen molar-refractivity contribution in [1.82, 2.24) is 0 Å². The highest BCUT2D eigenvalue weighted by molar-refractivity contribution is 9.10. The summed E-state index contributed by atoms with van der Waals surface area (Å²) < 4.78 is 6.59. The normalized spacial score (nSPS) is 10.9. The molecular weight excluding hydrogens is 486 g/mol. The second-order valence-electron chi connectivity index (χ2n) is 7.41. The molecule has 0 radical (unpaired) electrons. The second kappa shape index (κ2) is 10.6. The number of nitrogens with one attached hydrogen (secondary N) is 1. The number of non-ortho nitro benzene ring substituents is 1. The number of carbonyl (C=O) groups excluding carboxylic acids is 1. The van der Waals surface area contributed by atoms with Crippen LogP contribution in [0.15, 0.2) is 70.7 Å². The number of nitriles is 1. The minimum absolute atomic E-state index is 0.141. The van der Waals surface area contributed by atoms with Crippen LogP contribution in [0, 0.1) is 35.3 Å². The van der Waals surface area contributed by atoms with Gasteiger partial charge in [0.1, 0.15) is 24.0 Å². The van der Waals surface area contributed by atoms with Crippen LogP contribution in [0.3, 0.4) is 0 Å². The third kappa shape index (κ3) is 6.51. The van der Waals surface area contributed by atoms with Crippen molar-refractivity contribution < 1.29 is 14.5 Å². The van der Waals surface area contributed by atoms with E-state index in [1.54, 1.807) is 18.2 Å². The van der Waals surface area contributed by atoms with E-state index < -0.39 is 10.8 Å². The Labute approximate surface area is 199 Å². The van der Waals surface area contributed by atoms with Gasteiger partial charge in [-0.25, -0.2) is 0 Å². The van der Waals surface area contributed by atoms with E-state index in [4.69, 9.17) is 4.74 Å². The summed E-state index contributed by atoms with van der Waals surface area (Å²) in [6.45, 7) is 4.48. The summed E-state index contributed by atoms with van der Waals surface area (Å²) in [6.07, 6.45) is 1.44. The molecule has 33 heavy (non-hydrogen) atoms. The third-order valence-electron chi connectivity index (χ3n) is 4.62. The zero-order valence-electron chi connectivity index (χ0n) is 18.0. The molecular formula is C25H20BrN3O4. The van der Waals surface area contributed by atoms with Gasteiger partial charge in [-0.3, -0.25) is 14.9 Å². The smallest absolute Gasteiger partial charge is 0.271 e. The van der Waals surface area contributed by atoms with Gasteiger partial charge in [-0.05, 0) is 65.2 Å². The molecule has 3 rings (SSSR count).